The molecule has 22 heavy (non-hydrogen) atoms. The summed E-state index contributed by atoms with van der Waals surface area (Å²) in [5, 5.41) is 8.82. The van der Waals surface area contributed by atoms with Crippen molar-refractivity contribution in [2.24, 2.45) is 0 Å². The van der Waals surface area contributed by atoms with Crippen LogP contribution in [0.5, 0.6) is 0 Å². The molecule has 1 unspecified atom stereocenters. The zero-order chi connectivity index (χ0) is 14.3. The Morgan fingerprint density at radius 1 is 1.05 bits per heavy atom. The first-order valence-corrected chi connectivity index (χ1v) is 7.58. The van der Waals surface area contributed by atoms with Gasteiger partial charge in [-0.15, -0.1) is 12.4 Å². The number of rotatable bonds is 2. The molecule has 2 aromatic rings. The third kappa shape index (κ3) is 2.61. The Labute approximate surface area is 136 Å². The molecule has 3 nitrogen and oxygen atoms in total. The fourth-order valence-corrected chi connectivity index (χ4v) is 3.75. The maximum Gasteiger partial charge on any atom is 0.123 e. The monoisotopic (exact) mass is 319 g/mol. The van der Waals surface area contributed by atoms with Crippen LogP contribution in [-0.2, 0) is 5.41 Å². The Kier molecular flexibility index (Phi) is 4.15. The number of fused-ring (bicyclic) bond motifs is 2. The van der Waals surface area contributed by atoms with Crippen LogP contribution in [0, 0.1) is 5.82 Å². The second-order valence-electron chi connectivity index (χ2n) is 6.22. The van der Waals surface area contributed by atoms with Gasteiger partial charge in [0.2, 0.25) is 0 Å². The summed E-state index contributed by atoms with van der Waals surface area (Å²) in [6.45, 7) is 3.50. The van der Waals surface area contributed by atoms with E-state index in [0.29, 0.717) is 0 Å². The Morgan fingerprint density at radius 2 is 1.95 bits per heavy atom. The summed E-state index contributed by atoms with van der Waals surface area (Å²) in [6, 6.07) is 10.6. The van der Waals surface area contributed by atoms with Gasteiger partial charge in [0.1, 0.15) is 5.82 Å². The van der Waals surface area contributed by atoms with E-state index in [4.69, 9.17) is 0 Å². The van der Waals surface area contributed by atoms with Crippen molar-refractivity contribution in [1.82, 2.24) is 15.1 Å². The molecule has 116 valence electrons. The van der Waals surface area contributed by atoms with E-state index in [1.165, 1.54) is 44.5 Å². The van der Waals surface area contributed by atoms with Crippen LogP contribution in [0.2, 0.25) is 0 Å². The Hall–Kier alpha value is -1.52. The Morgan fingerprint density at radius 3 is 2.73 bits per heavy atom. The molecular formula is C17H19ClFN3. The average Bonchev–Trinajstić information content (AvgIpc) is 2.83. The minimum Gasteiger partial charge on any atom is -0.302 e. The number of hydrogen-bond donors (Lipinski definition) is 0. The van der Waals surface area contributed by atoms with Crippen molar-refractivity contribution in [1.29, 1.82) is 0 Å². The van der Waals surface area contributed by atoms with E-state index in [9.17, 15) is 4.39 Å². The first kappa shape index (κ1) is 15.4. The SMILES string of the molecule is Cl.Fc1cccc(-c2ccc([C@@]34CCCN(CC3)C4)nn2)c1. The van der Waals surface area contributed by atoms with E-state index in [1.54, 1.807) is 6.07 Å². The van der Waals surface area contributed by atoms with Gasteiger partial charge >= 0.3 is 0 Å². The lowest BCUT2D eigenvalue weighted by molar-refractivity contribution is 0.239. The van der Waals surface area contributed by atoms with Crippen LogP contribution in [-0.4, -0.2) is 34.7 Å². The van der Waals surface area contributed by atoms with Crippen LogP contribution in [0.25, 0.3) is 11.3 Å². The van der Waals surface area contributed by atoms with Crippen molar-refractivity contribution in [3.63, 3.8) is 0 Å². The van der Waals surface area contributed by atoms with Crippen molar-refractivity contribution in [3.8, 4) is 11.3 Å². The van der Waals surface area contributed by atoms with Crippen LogP contribution in [0.1, 0.15) is 25.0 Å². The molecule has 2 bridgehead atoms. The third-order valence-electron chi connectivity index (χ3n) is 4.89. The minimum atomic E-state index is -0.240. The van der Waals surface area contributed by atoms with Gasteiger partial charge < -0.3 is 4.90 Å². The molecule has 2 aliphatic rings. The second-order valence-corrected chi connectivity index (χ2v) is 6.22. The number of aromatic nitrogens is 2. The molecule has 1 aromatic carbocycles. The molecule has 2 saturated heterocycles. The molecule has 1 aromatic heterocycles. The summed E-state index contributed by atoms with van der Waals surface area (Å²) in [4.78, 5) is 2.52. The summed E-state index contributed by atoms with van der Waals surface area (Å²) >= 11 is 0. The summed E-state index contributed by atoms with van der Waals surface area (Å²) in [5.41, 5.74) is 2.82. The minimum absolute atomic E-state index is 0. The van der Waals surface area contributed by atoms with Crippen molar-refractivity contribution >= 4 is 12.4 Å². The quantitative estimate of drug-likeness (QED) is 0.849. The fraction of sp³-hybridized carbons (Fsp3) is 0.412. The van der Waals surface area contributed by atoms with Crippen molar-refractivity contribution in [2.45, 2.75) is 24.7 Å². The van der Waals surface area contributed by atoms with E-state index in [0.717, 1.165) is 23.5 Å². The average molecular weight is 320 g/mol. The highest BCUT2D eigenvalue weighted by atomic mass is 35.5. The number of benzene rings is 1. The van der Waals surface area contributed by atoms with Crippen LogP contribution >= 0.6 is 12.4 Å². The standard InChI is InChI=1S/C17H18FN3.ClH/c18-14-4-1-3-13(11-14)15-5-6-16(20-19-15)17-7-2-9-21(12-17)10-8-17;/h1,3-6,11H,2,7-10,12H2;1H/t17-;/m0./s1. The highest BCUT2D eigenvalue weighted by molar-refractivity contribution is 5.85. The lowest BCUT2D eigenvalue weighted by atomic mass is 9.78. The van der Waals surface area contributed by atoms with Gasteiger partial charge in [-0.25, -0.2) is 4.39 Å². The van der Waals surface area contributed by atoms with Gasteiger partial charge in [0.05, 0.1) is 11.4 Å². The van der Waals surface area contributed by atoms with Crippen LogP contribution in [0.15, 0.2) is 36.4 Å². The van der Waals surface area contributed by atoms with Gasteiger partial charge in [0.25, 0.3) is 0 Å². The second kappa shape index (κ2) is 5.94. The van der Waals surface area contributed by atoms with Gasteiger partial charge in [-0.3, -0.25) is 0 Å². The lowest BCUT2D eigenvalue weighted by Gasteiger charge is -2.33. The van der Waals surface area contributed by atoms with Gasteiger partial charge in [-0.05, 0) is 56.6 Å². The lowest BCUT2D eigenvalue weighted by Crippen LogP contribution is -2.37. The highest BCUT2D eigenvalue weighted by Crippen LogP contribution is 2.41. The molecule has 3 heterocycles. The molecule has 4 rings (SSSR count). The van der Waals surface area contributed by atoms with E-state index in [-0.39, 0.29) is 23.6 Å². The third-order valence-corrected chi connectivity index (χ3v) is 4.89. The van der Waals surface area contributed by atoms with Gasteiger partial charge in [0, 0.05) is 17.5 Å². The number of hydrogen-bond acceptors (Lipinski definition) is 3. The largest absolute Gasteiger partial charge is 0.302 e. The first-order valence-electron chi connectivity index (χ1n) is 7.58. The number of piperidine rings is 1. The van der Waals surface area contributed by atoms with E-state index >= 15 is 0 Å². The van der Waals surface area contributed by atoms with Crippen LogP contribution in [0.4, 0.5) is 4.39 Å². The normalized spacial score (nSPS) is 26.5. The Balaban J connectivity index is 0.00000144. The molecule has 0 spiro atoms. The van der Waals surface area contributed by atoms with Crippen molar-refractivity contribution in [2.75, 3.05) is 19.6 Å². The van der Waals surface area contributed by atoms with Crippen molar-refractivity contribution < 1.29 is 4.39 Å². The molecule has 2 atom stereocenters. The predicted octanol–water partition coefficient (Wildman–Crippen LogP) is 3.44. The Bertz CT molecular complexity index is 657. The van der Waals surface area contributed by atoms with Gasteiger partial charge in [0.15, 0.2) is 0 Å². The predicted molar refractivity (Wildman–Crippen MR) is 86.6 cm³/mol. The van der Waals surface area contributed by atoms with Crippen LogP contribution < -0.4 is 0 Å². The van der Waals surface area contributed by atoms with Gasteiger partial charge in [-0.1, -0.05) is 12.1 Å². The zero-order valence-electron chi connectivity index (χ0n) is 12.3. The molecular weight excluding hydrogens is 301 g/mol. The van der Waals surface area contributed by atoms with E-state index in [2.05, 4.69) is 21.2 Å². The molecule has 5 heteroatoms. The van der Waals surface area contributed by atoms with Crippen LogP contribution in [0.3, 0.4) is 0 Å². The number of halogens is 2. The maximum absolute atomic E-state index is 13.3. The highest BCUT2D eigenvalue weighted by Gasteiger charge is 2.43. The van der Waals surface area contributed by atoms with E-state index in [1.807, 2.05) is 12.1 Å². The van der Waals surface area contributed by atoms with E-state index < -0.39 is 0 Å². The summed E-state index contributed by atoms with van der Waals surface area (Å²) in [6.07, 6.45) is 3.63. The molecule has 0 N–H and O–H groups in total. The maximum atomic E-state index is 13.3. The smallest absolute Gasteiger partial charge is 0.123 e. The summed E-state index contributed by atoms with van der Waals surface area (Å²) in [5.74, 6) is -0.240. The fourth-order valence-electron chi connectivity index (χ4n) is 3.75. The first-order chi connectivity index (χ1) is 10.3. The molecule has 0 saturated carbocycles. The van der Waals surface area contributed by atoms with Crippen molar-refractivity contribution in [3.05, 3.63) is 47.9 Å². The molecule has 0 amide bonds. The molecule has 0 radical (unpaired) electrons. The zero-order valence-corrected chi connectivity index (χ0v) is 13.2. The number of nitrogens with zero attached hydrogens (tertiary/aromatic N) is 3. The molecule has 2 fully saturated rings. The molecule has 0 aliphatic carbocycles. The summed E-state index contributed by atoms with van der Waals surface area (Å²) < 4.78 is 13.3. The van der Waals surface area contributed by atoms with Gasteiger partial charge in [-0.2, -0.15) is 10.2 Å². The molecule has 2 aliphatic heterocycles. The summed E-state index contributed by atoms with van der Waals surface area (Å²) in [7, 11) is 0. The topological polar surface area (TPSA) is 29.0 Å².